The summed E-state index contributed by atoms with van der Waals surface area (Å²) in [5, 5.41) is 63.8. The monoisotopic (exact) mass is 632 g/mol. The minimum absolute atomic E-state index is 0.0617. The Morgan fingerprint density at radius 1 is 0.292 bits per heavy atom. The van der Waals surface area contributed by atoms with Crippen LogP contribution < -0.4 is 0 Å². The van der Waals surface area contributed by atoms with E-state index in [-0.39, 0.29) is 48.7 Å². The Bertz CT molecular complexity index is 1930. The van der Waals surface area contributed by atoms with Crippen LogP contribution in [0.1, 0.15) is 44.5 Å². The summed E-state index contributed by atoms with van der Waals surface area (Å²) in [6.45, 7) is 0. The van der Waals surface area contributed by atoms with Gasteiger partial charge in [-0.25, -0.2) is 0 Å². The van der Waals surface area contributed by atoms with E-state index >= 15 is 0 Å². The maximum absolute atomic E-state index is 11.5. The molecule has 0 amide bonds. The van der Waals surface area contributed by atoms with Crippen molar-refractivity contribution in [2.24, 2.45) is 20.5 Å². The van der Waals surface area contributed by atoms with Gasteiger partial charge in [0.1, 0.15) is 23.0 Å². The molecule has 4 N–H and O–H groups in total. The molecule has 8 nitrogen and oxygen atoms in total. The normalized spacial score (nSPS) is 12.8. The van der Waals surface area contributed by atoms with Gasteiger partial charge in [-0.1, -0.05) is 72.8 Å². The van der Waals surface area contributed by atoms with Crippen molar-refractivity contribution in [3.8, 4) is 23.0 Å². The molecule has 0 unspecified atom stereocenters. The van der Waals surface area contributed by atoms with Crippen molar-refractivity contribution >= 4 is 22.7 Å². The molecular formula is C40H32N4O4. The zero-order valence-electron chi connectivity index (χ0n) is 26.0. The average molecular weight is 633 g/mol. The molecule has 0 aromatic heterocycles. The molecule has 0 atom stereocenters. The van der Waals surface area contributed by atoms with Crippen LogP contribution in [0.2, 0.25) is 0 Å². The van der Waals surface area contributed by atoms with Gasteiger partial charge in [0.15, 0.2) is 0 Å². The summed E-state index contributed by atoms with van der Waals surface area (Å²) in [6.07, 6.45) is 0.840. The van der Waals surface area contributed by atoms with Gasteiger partial charge in [0.25, 0.3) is 0 Å². The number of hydrogen-bond donors (Lipinski definition) is 4. The SMILES string of the molecule is Oc1c2cccc1Cc1cc(N=Nc3ccccc3)cc(c1O)Cc1cccc(c1O)Cc1cc(N=Nc3ccccc3)cc(c1O)C2. The van der Waals surface area contributed by atoms with E-state index in [1.54, 1.807) is 24.3 Å². The molecule has 6 aromatic carbocycles. The average Bonchev–Trinajstić information content (AvgIpc) is 3.10. The van der Waals surface area contributed by atoms with Crippen LogP contribution in [0.25, 0.3) is 0 Å². The molecule has 236 valence electrons. The summed E-state index contributed by atoms with van der Waals surface area (Å²) in [5.41, 5.74) is 7.06. The maximum Gasteiger partial charge on any atom is 0.122 e. The molecule has 0 heterocycles. The molecule has 7 rings (SSSR count). The Labute approximate surface area is 277 Å². The van der Waals surface area contributed by atoms with Gasteiger partial charge in [-0.3, -0.25) is 0 Å². The summed E-state index contributed by atoms with van der Waals surface area (Å²) >= 11 is 0. The zero-order valence-corrected chi connectivity index (χ0v) is 26.0. The van der Waals surface area contributed by atoms with Crippen molar-refractivity contribution in [2.45, 2.75) is 25.7 Å². The molecular weight excluding hydrogens is 600 g/mol. The van der Waals surface area contributed by atoms with E-state index in [0.29, 0.717) is 67.3 Å². The predicted molar refractivity (Wildman–Crippen MR) is 185 cm³/mol. The molecule has 0 spiro atoms. The molecule has 0 radical (unpaired) electrons. The number of rotatable bonds is 4. The summed E-state index contributed by atoms with van der Waals surface area (Å²) < 4.78 is 0. The number of nitrogens with zero attached hydrogens (tertiary/aromatic N) is 4. The molecule has 1 aliphatic carbocycles. The largest absolute Gasteiger partial charge is 0.507 e. The third kappa shape index (κ3) is 6.50. The van der Waals surface area contributed by atoms with Gasteiger partial charge in [0.05, 0.1) is 22.7 Å². The molecule has 8 heteroatoms. The van der Waals surface area contributed by atoms with Crippen LogP contribution in [0.5, 0.6) is 23.0 Å². The number of phenols is 4. The maximum atomic E-state index is 11.5. The summed E-state index contributed by atoms with van der Waals surface area (Å²) in [5.74, 6) is 0.266. The van der Waals surface area contributed by atoms with E-state index in [0.717, 1.165) is 0 Å². The predicted octanol–water partition coefficient (Wildman–Crippen LogP) is 10.0. The molecule has 0 saturated heterocycles. The van der Waals surface area contributed by atoms with E-state index in [9.17, 15) is 20.4 Å². The van der Waals surface area contributed by atoms with Crippen molar-refractivity contribution in [2.75, 3.05) is 0 Å². The van der Waals surface area contributed by atoms with Gasteiger partial charge in [0.2, 0.25) is 0 Å². The smallest absolute Gasteiger partial charge is 0.122 e. The van der Waals surface area contributed by atoms with Gasteiger partial charge in [-0.15, -0.1) is 0 Å². The van der Waals surface area contributed by atoms with Crippen molar-refractivity contribution in [3.05, 3.63) is 166 Å². The minimum atomic E-state index is 0.0617. The number of hydrogen-bond acceptors (Lipinski definition) is 8. The number of benzene rings is 6. The van der Waals surface area contributed by atoms with Crippen LogP contribution in [-0.2, 0) is 25.7 Å². The summed E-state index contributed by atoms with van der Waals surface area (Å²) in [6, 6.07) is 36.7. The van der Waals surface area contributed by atoms with Crippen LogP contribution in [-0.4, -0.2) is 20.4 Å². The highest BCUT2D eigenvalue weighted by atomic mass is 16.3. The third-order valence-electron chi connectivity index (χ3n) is 8.51. The highest BCUT2D eigenvalue weighted by molar-refractivity contribution is 5.60. The Balaban J connectivity index is 1.36. The lowest BCUT2D eigenvalue weighted by atomic mass is 9.91. The Morgan fingerprint density at radius 3 is 0.875 bits per heavy atom. The van der Waals surface area contributed by atoms with Crippen molar-refractivity contribution in [1.29, 1.82) is 0 Å². The summed E-state index contributed by atoms with van der Waals surface area (Å²) in [4.78, 5) is 0. The topological polar surface area (TPSA) is 130 Å². The second-order valence-corrected chi connectivity index (χ2v) is 11.9. The van der Waals surface area contributed by atoms with Gasteiger partial charge >= 0.3 is 0 Å². The Hall–Kier alpha value is -6.28. The lowest BCUT2D eigenvalue weighted by Gasteiger charge is -2.17. The van der Waals surface area contributed by atoms with E-state index in [1.807, 2.05) is 97.1 Å². The van der Waals surface area contributed by atoms with Gasteiger partial charge in [-0.05, 0) is 70.8 Å². The van der Waals surface area contributed by atoms with E-state index in [2.05, 4.69) is 20.5 Å². The van der Waals surface area contributed by atoms with Crippen LogP contribution in [0.15, 0.2) is 142 Å². The lowest BCUT2D eigenvalue weighted by Crippen LogP contribution is -2.00. The third-order valence-corrected chi connectivity index (χ3v) is 8.51. The number of para-hydroxylation sites is 2. The quantitative estimate of drug-likeness (QED) is 0.144. The van der Waals surface area contributed by atoms with Crippen LogP contribution in [0.4, 0.5) is 22.7 Å². The lowest BCUT2D eigenvalue weighted by molar-refractivity contribution is 0.450. The first-order chi connectivity index (χ1) is 23.4. The van der Waals surface area contributed by atoms with E-state index in [4.69, 9.17) is 0 Å². The van der Waals surface area contributed by atoms with Crippen LogP contribution >= 0.6 is 0 Å². The second kappa shape index (κ2) is 13.2. The molecule has 0 saturated carbocycles. The summed E-state index contributed by atoms with van der Waals surface area (Å²) in [7, 11) is 0. The van der Waals surface area contributed by atoms with E-state index < -0.39 is 0 Å². The van der Waals surface area contributed by atoms with Gasteiger partial charge in [0, 0.05) is 47.9 Å². The minimum Gasteiger partial charge on any atom is -0.507 e. The molecule has 0 aliphatic heterocycles. The zero-order chi connectivity index (χ0) is 33.0. The molecule has 8 bridgehead atoms. The van der Waals surface area contributed by atoms with E-state index in [1.165, 1.54) is 0 Å². The van der Waals surface area contributed by atoms with Crippen molar-refractivity contribution in [1.82, 2.24) is 0 Å². The molecule has 6 aromatic rings. The fourth-order valence-electron chi connectivity index (χ4n) is 6.04. The second-order valence-electron chi connectivity index (χ2n) is 11.9. The van der Waals surface area contributed by atoms with Crippen LogP contribution in [0.3, 0.4) is 0 Å². The Morgan fingerprint density at radius 2 is 0.562 bits per heavy atom. The molecule has 0 fully saturated rings. The van der Waals surface area contributed by atoms with Crippen LogP contribution in [0, 0.1) is 0 Å². The number of fused-ring (bicyclic) bond motifs is 8. The van der Waals surface area contributed by atoms with Crippen molar-refractivity contribution in [3.63, 3.8) is 0 Å². The van der Waals surface area contributed by atoms with Gasteiger partial charge in [-0.2, -0.15) is 20.5 Å². The molecule has 48 heavy (non-hydrogen) atoms. The van der Waals surface area contributed by atoms with Gasteiger partial charge < -0.3 is 20.4 Å². The fourth-order valence-corrected chi connectivity index (χ4v) is 6.04. The first kappa shape index (κ1) is 30.4. The first-order valence-corrected chi connectivity index (χ1v) is 15.6. The first-order valence-electron chi connectivity index (χ1n) is 15.6. The highest BCUT2D eigenvalue weighted by Gasteiger charge is 2.20. The fraction of sp³-hybridized carbons (Fsp3) is 0.100. The molecule has 1 aliphatic rings. The standard InChI is InChI=1S/C40H32N4O4/c45-37-25-9-7-11-27(37)19-31-23-36(44-42-34-15-5-2-6-16-34)24-32(40(31)48)20-28-12-8-10-26(38(28)46)18-30-22-35(21-29(17-25)39(30)47)43-41-33-13-3-1-4-14-33/h1-16,21-24,45-48H,17-20H2. The number of phenolic OH excluding ortho intramolecular Hbond substituents is 4. The number of aromatic hydroxyl groups is 4. The Kier molecular flexibility index (Phi) is 8.36. The number of azo groups is 2. The van der Waals surface area contributed by atoms with Crippen molar-refractivity contribution < 1.29 is 20.4 Å². The highest BCUT2D eigenvalue weighted by Crippen LogP contribution is 2.40.